The molecular weight excluding hydrogens is 348 g/mol. The van der Waals surface area contributed by atoms with Crippen LogP contribution in [0.25, 0.3) is 10.9 Å². The summed E-state index contributed by atoms with van der Waals surface area (Å²) in [5, 5.41) is 22.0. The number of amides is 1. The van der Waals surface area contributed by atoms with Gasteiger partial charge in [-0.15, -0.1) is 11.8 Å². The van der Waals surface area contributed by atoms with Gasteiger partial charge in [0.1, 0.15) is 0 Å². The molecule has 0 aliphatic carbocycles. The Morgan fingerprint density at radius 1 is 1.38 bits per heavy atom. The Kier molecular flexibility index (Phi) is 5.55. The summed E-state index contributed by atoms with van der Waals surface area (Å²) in [6.45, 7) is 6.46. The van der Waals surface area contributed by atoms with Crippen LogP contribution in [-0.4, -0.2) is 56.6 Å². The molecule has 6 heteroatoms. The number of β-amino-alcohol motifs (C(OH)–C–C–N with tert-alkyl or cyclic N) is 1. The Hall–Kier alpha value is -1.63. The lowest BCUT2D eigenvalue weighted by atomic mass is 9.91. The average molecular weight is 375 g/mol. The number of benzene rings is 1. The van der Waals surface area contributed by atoms with Gasteiger partial charge in [-0.2, -0.15) is 0 Å². The Bertz CT molecular complexity index is 822. The minimum atomic E-state index is -1.10. The summed E-state index contributed by atoms with van der Waals surface area (Å²) in [5.41, 5.74) is 2.28. The van der Waals surface area contributed by atoms with Crippen LogP contribution in [0, 0.1) is 13.8 Å². The Morgan fingerprint density at radius 2 is 2.15 bits per heavy atom. The van der Waals surface area contributed by atoms with Crippen molar-refractivity contribution in [2.45, 2.75) is 50.3 Å². The van der Waals surface area contributed by atoms with Gasteiger partial charge in [-0.3, -0.25) is 4.79 Å². The van der Waals surface area contributed by atoms with Crippen molar-refractivity contribution in [2.75, 3.05) is 18.8 Å². The van der Waals surface area contributed by atoms with Crippen LogP contribution in [0.1, 0.15) is 30.9 Å². The van der Waals surface area contributed by atoms with Gasteiger partial charge in [-0.25, -0.2) is 4.98 Å². The minimum Gasteiger partial charge on any atom is -0.388 e. The first-order valence-electron chi connectivity index (χ1n) is 8.95. The molecule has 3 rings (SSSR count). The fourth-order valence-corrected chi connectivity index (χ4v) is 4.11. The minimum absolute atomic E-state index is 0.0141. The highest BCUT2D eigenvalue weighted by Gasteiger charge is 2.37. The molecule has 0 saturated carbocycles. The summed E-state index contributed by atoms with van der Waals surface area (Å²) in [5.74, 6) is 0.659. The number of hydrogen-bond acceptors (Lipinski definition) is 5. The molecule has 1 fully saturated rings. The monoisotopic (exact) mass is 374 g/mol. The second kappa shape index (κ2) is 7.55. The van der Waals surface area contributed by atoms with E-state index in [2.05, 4.69) is 37.0 Å². The molecule has 5 nitrogen and oxygen atoms in total. The summed E-state index contributed by atoms with van der Waals surface area (Å²) in [7, 11) is 0. The predicted octanol–water partition coefficient (Wildman–Crippen LogP) is 2.68. The Balaban J connectivity index is 1.57. The highest BCUT2D eigenvalue weighted by molar-refractivity contribution is 7.99. The van der Waals surface area contributed by atoms with E-state index in [4.69, 9.17) is 0 Å². The lowest BCUT2D eigenvalue weighted by Crippen LogP contribution is -2.55. The third kappa shape index (κ3) is 4.19. The van der Waals surface area contributed by atoms with E-state index in [1.807, 2.05) is 6.07 Å². The molecule has 0 radical (unpaired) electrons. The second-order valence-corrected chi connectivity index (χ2v) is 8.47. The number of hydrogen-bond donors (Lipinski definition) is 2. The predicted molar refractivity (Wildman–Crippen MR) is 104 cm³/mol. The van der Waals surface area contributed by atoms with E-state index in [9.17, 15) is 15.0 Å². The molecule has 2 N–H and O–H groups in total. The number of aromatic nitrogens is 1. The highest BCUT2D eigenvalue weighted by Crippen LogP contribution is 2.26. The number of rotatable bonds is 4. The number of pyridine rings is 1. The molecule has 0 spiro atoms. The van der Waals surface area contributed by atoms with E-state index in [0.29, 0.717) is 25.1 Å². The van der Waals surface area contributed by atoms with Crippen LogP contribution in [-0.2, 0) is 4.79 Å². The maximum absolute atomic E-state index is 12.4. The Morgan fingerprint density at radius 3 is 2.88 bits per heavy atom. The standard InChI is InChI=1S/C20H26N2O3S/c1-13-4-5-16-15(10-13)14(2)11-18(21-16)26-9-6-19(24)22-8-7-20(3,25)17(23)12-22/h4-5,10-11,17,23,25H,6-9,12H2,1-3H3/t17-,20-/m1/s1. The van der Waals surface area contributed by atoms with Gasteiger partial charge in [0.2, 0.25) is 5.91 Å². The van der Waals surface area contributed by atoms with Gasteiger partial charge in [0.25, 0.3) is 0 Å². The van der Waals surface area contributed by atoms with Crippen molar-refractivity contribution in [2.24, 2.45) is 0 Å². The Labute approximate surface area is 158 Å². The SMILES string of the molecule is Cc1ccc2nc(SCCC(=O)N3CC[C@@](C)(O)[C@H](O)C3)cc(C)c2c1. The quantitative estimate of drug-likeness (QED) is 0.805. The number of aryl methyl sites for hydroxylation is 2. The van der Waals surface area contributed by atoms with E-state index in [1.165, 1.54) is 16.5 Å². The molecule has 1 amide bonds. The molecule has 2 heterocycles. The zero-order chi connectivity index (χ0) is 18.9. The summed E-state index contributed by atoms with van der Waals surface area (Å²) in [4.78, 5) is 18.7. The van der Waals surface area contributed by atoms with Crippen LogP contribution < -0.4 is 0 Å². The van der Waals surface area contributed by atoms with Gasteiger partial charge in [0.15, 0.2) is 0 Å². The molecule has 0 unspecified atom stereocenters. The topological polar surface area (TPSA) is 73.7 Å². The number of aliphatic hydroxyl groups excluding tert-OH is 1. The van der Waals surface area contributed by atoms with Crippen LogP contribution in [0.4, 0.5) is 0 Å². The van der Waals surface area contributed by atoms with Crippen molar-refractivity contribution in [1.82, 2.24) is 9.88 Å². The van der Waals surface area contributed by atoms with Crippen molar-refractivity contribution in [1.29, 1.82) is 0 Å². The second-order valence-electron chi connectivity index (χ2n) is 7.36. The molecule has 1 saturated heterocycles. The molecule has 2 aromatic rings. The average Bonchev–Trinajstić information content (AvgIpc) is 2.58. The van der Waals surface area contributed by atoms with Crippen LogP contribution >= 0.6 is 11.8 Å². The normalized spacial score (nSPS) is 23.4. The van der Waals surface area contributed by atoms with E-state index in [1.54, 1.807) is 23.6 Å². The van der Waals surface area contributed by atoms with Crippen molar-refractivity contribution in [3.8, 4) is 0 Å². The molecule has 1 aliphatic rings. The molecule has 1 aromatic carbocycles. The van der Waals surface area contributed by atoms with Gasteiger partial charge in [-0.05, 0) is 51.0 Å². The van der Waals surface area contributed by atoms with Crippen molar-refractivity contribution in [3.63, 3.8) is 0 Å². The van der Waals surface area contributed by atoms with Crippen LogP contribution in [0.15, 0.2) is 29.3 Å². The number of fused-ring (bicyclic) bond motifs is 1. The van der Waals surface area contributed by atoms with E-state index in [0.717, 1.165) is 10.5 Å². The number of aliphatic hydroxyl groups is 2. The molecule has 0 bridgehead atoms. The van der Waals surface area contributed by atoms with Gasteiger partial charge >= 0.3 is 0 Å². The highest BCUT2D eigenvalue weighted by atomic mass is 32.2. The van der Waals surface area contributed by atoms with E-state index < -0.39 is 11.7 Å². The number of carbonyl (C=O) groups is 1. The van der Waals surface area contributed by atoms with Crippen molar-refractivity contribution >= 4 is 28.6 Å². The maximum Gasteiger partial charge on any atom is 0.223 e. The van der Waals surface area contributed by atoms with Gasteiger partial charge in [-0.1, -0.05) is 11.6 Å². The van der Waals surface area contributed by atoms with Gasteiger partial charge in [0, 0.05) is 30.6 Å². The molecular formula is C20H26N2O3S. The molecule has 1 aromatic heterocycles. The zero-order valence-corrected chi connectivity index (χ0v) is 16.3. The molecule has 2 atom stereocenters. The van der Waals surface area contributed by atoms with Gasteiger partial charge in [0.05, 0.1) is 22.2 Å². The van der Waals surface area contributed by atoms with Crippen LogP contribution in [0.2, 0.25) is 0 Å². The molecule has 1 aliphatic heterocycles. The third-order valence-corrected chi connectivity index (χ3v) is 5.98. The van der Waals surface area contributed by atoms with Crippen molar-refractivity contribution < 1.29 is 15.0 Å². The van der Waals surface area contributed by atoms with Crippen LogP contribution in [0.5, 0.6) is 0 Å². The molecule has 26 heavy (non-hydrogen) atoms. The third-order valence-electron chi connectivity index (χ3n) is 5.07. The number of carbonyl (C=O) groups excluding carboxylic acids is 1. The van der Waals surface area contributed by atoms with Gasteiger partial charge < -0.3 is 15.1 Å². The van der Waals surface area contributed by atoms with E-state index in [-0.39, 0.29) is 12.5 Å². The fourth-order valence-electron chi connectivity index (χ4n) is 3.20. The van der Waals surface area contributed by atoms with Crippen LogP contribution in [0.3, 0.4) is 0 Å². The number of nitrogens with zero attached hydrogens (tertiary/aromatic N) is 2. The molecule has 140 valence electrons. The summed E-state index contributed by atoms with van der Waals surface area (Å²) < 4.78 is 0. The largest absolute Gasteiger partial charge is 0.388 e. The number of thioether (sulfide) groups is 1. The lowest BCUT2D eigenvalue weighted by molar-refractivity contribution is -0.145. The first-order valence-corrected chi connectivity index (χ1v) is 9.94. The number of likely N-dealkylation sites (tertiary alicyclic amines) is 1. The van der Waals surface area contributed by atoms with E-state index >= 15 is 0 Å². The summed E-state index contributed by atoms with van der Waals surface area (Å²) in [6, 6.07) is 8.31. The first-order chi connectivity index (χ1) is 12.3. The zero-order valence-electron chi connectivity index (χ0n) is 15.5. The summed E-state index contributed by atoms with van der Waals surface area (Å²) in [6.07, 6.45) is -0.0921. The maximum atomic E-state index is 12.4. The smallest absolute Gasteiger partial charge is 0.223 e. The fraction of sp³-hybridized carbons (Fsp3) is 0.500. The lowest BCUT2D eigenvalue weighted by Gasteiger charge is -2.39. The first kappa shape index (κ1) is 19.1. The number of piperidine rings is 1. The summed E-state index contributed by atoms with van der Waals surface area (Å²) >= 11 is 1.58. The van der Waals surface area contributed by atoms with Crippen molar-refractivity contribution in [3.05, 3.63) is 35.4 Å².